The van der Waals surface area contributed by atoms with Gasteiger partial charge in [-0.2, -0.15) is 5.26 Å². The number of rotatable bonds is 5. The predicted octanol–water partition coefficient (Wildman–Crippen LogP) is 4.74. The van der Waals surface area contributed by atoms with Gasteiger partial charge in [0.15, 0.2) is 17.3 Å². The van der Waals surface area contributed by atoms with Gasteiger partial charge in [-0.1, -0.05) is 29.8 Å². The lowest BCUT2D eigenvalue weighted by Gasteiger charge is -2.31. The quantitative estimate of drug-likeness (QED) is 0.727. The number of nitrogens with two attached hydrogens (primary N) is 1. The molecule has 0 saturated heterocycles. The van der Waals surface area contributed by atoms with E-state index >= 15 is 0 Å². The van der Waals surface area contributed by atoms with Gasteiger partial charge in [-0.25, -0.2) is 0 Å². The van der Waals surface area contributed by atoms with Gasteiger partial charge in [-0.05, 0) is 41.8 Å². The number of nitrogens with zero attached hydrogens (tertiary/aromatic N) is 1. The second kappa shape index (κ2) is 8.75. The van der Waals surface area contributed by atoms with E-state index in [0.717, 1.165) is 11.1 Å². The van der Waals surface area contributed by atoms with Crippen molar-refractivity contribution in [3.63, 3.8) is 0 Å². The number of hydrogen-bond acceptors (Lipinski definition) is 6. The molecule has 0 unspecified atom stereocenters. The van der Waals surface area contributed by atoms with Gasteiger partial charge in [0.1, 0.15) is 24.0 Å². The van der Waals surface area contributed by atoms with Crippen LogP contribution in [0.3, 0.4) is 0 Å². The minimum atomic E-state index is -0.586. The predicted molar refractivity (Wildman–Crippen MR) is 115 cm³/mol. The van der Waals surface area contributed by atoms with Crippen molar-refractivity contribution < 1.29 is 19.0 Å². The fourth-order valence-electron chi connectivity index (χ4n) is 3.96. The molecule has 6 nitrogen and oxygen atoms in total. The molecule has 1 heterocycles. The molecule has 31 heavy (non-hydrogen) atoms. The molecule has 158 valence electrons. The zero-order valence-electron chi connectivity index (χ0n) is 17.0. The highest BCUT2D eigenvalue weighted by Crippen LogP contribution is 2.45. The normalized spacial score (nSPS) is 18.2. The molecule has 0 amide bonds. The van der Waals surface area contributed by atoms with Crippen LogP contribution in [-0.4, -0.2) is 12.9 Å². The zero-order chi connectivity index (χ0) is 22.0. The molecule has 2 N–H and O–H groups in total. The highest BCUT2D eigenvalue weighted by atomic mass is 35.5. The molecule has 0 bridgehead atoms. The number of carbonyl (C=O) groups excluding carboxylic acids is 1. The van der Waals surface area contributed by atoms with E-state index in [9.17, 15) is 10.1 Å². The molecular formula is C24H21ClN2O4. The van der Waals surface area contributed by atoms with E-state index in [-0.39, 0.29) is 17.2 Å². The van der Waals surface area contributed by atoms with Crippen molar-refractivity contribution in [3.05, 3.63) is 81.4 Å². The van der Waals surface area contributed by atoms with Crippen molar-refractivity contribution in [2.45, 2.75) is 31.8 Å². The van der Waals surface area contributed by atoms with E-state index in [1.54, 1.807) is 25.3 Å². The first kappa shape index (κ1) is 20.8. The average Bonchev–Trinajstić information content (AvgIpc) is 2.77. The first-order chi connectivity index (χ1) is 15.0. The number of ether oxygens (including phenoxy) is 3. The molecule has 0 aromatic heterocycles. The van der Waals surface area contributed by atoms with Crippen LogP contribution in [-0.2, 0) is 16.1 Å². The summed E-state index contributed by atoms with van der Waals surface area (Å²) >= 11 is 6.04. The highest BCUT2D eigenvalue weighted by molar-refractivity contribution is 6.30. The summed E-state index contributed by atoms with van der Waals surface area (Å²) in [6.45, 7) is 0.317. The zero-order valence-corrected chi connectivity index (χ0v) is 17.7. The summed E-state index contributed by atoms with van der Waals surface area (Å²) in [6.07, 6.45) is 1.75. The van der Waals surface area contributed by atoms with Gasteiger partial charge in [-0.15, -0.1) is 0 Å². The highest BCUT2D eigenvalue weighted by Gasteiger charge is 2.38. The molecule has 0 fully saturated rings. The number of Topliss-reactive ketones (excluding diaryl/α,β-unsaturated/α-hetero) is 1. The molecule has 0 saturated carbocycles. The van der Waals surface area contributed by atoms with E-state index in [2.05, 4.69) is 6.07 Å². The van der Waals surface area contributed by atoms with Crippen LogP contribution in [0, 0.1) is 11.3 Å². The van der Waals surface area contributed by atoms with Gasteiger partial charge >= 0.3 is 0 Å². The molecule has 7 heteroatoms. The van der Waals surface area contributed by atoms with Gasteiger partial charge in [0.25, 0.3) is 0 Å². The van der Waals surface area contributed by atoms with Crippen LogP contribution in [0.5, 0.6) is 11.5 Å². The SMILES string of the molecule is COc1cc([C@@H]2C(C#N)=C(N)OC3=C2C(=O)CCC3)ccc1OCc1cccc(Cl)c1. The van der Waals surface area contributed by atoms with Crippen LogP contribution in [0.15, 0.2) is 65.3 Å². The number of ketones is 1. The van der Waals surface area contributed by atoms with E-state index in [4.69, 9.17) is 31.5 Å². The Bertz CT molecular complexity index is 1150. The number of carbonyl (C=O) groups is 1. The molecule has 1 aliphatic heterocycles. The second-order valence-corrected chi connectivity index (χ2v) is 7.80. The van der Waals surface area contributed by atoms with Crippen LogP contribution in [0.2, 0.25) is 5.02 Å². The number of halogens is 1. The van der Waals surface area contributed by atoms with Crippen LogP contribution in [0.4, 0.5) is 0 Å². The molecule has 1 atom stereocenters. The molecule has 4 rings (SSSR count). The van der Waals surface area contributed by atoms with E-state index < -0.39 is 5.92 Å². The Balaban J connectivity index is 1.68. The number of allylic oxidation sites excluding steroid dienone is 3. The van der Waals surface area contributed by atoms with E-state index in [1.165, 1.54) is 0 Å². The molecule has 0 spiro atoms. The van der Waals surface area contributed by atoms with Gasteiger partial charge in [-0.3, -0.25) is 4.79 Å². The van der Waals surface area contributed by atoms with Crippen LogP contribution in [0.1, 0.15) is 36.3 Å². The fraction of sp³-hybridized carbons (Fsp3) is 0.250. The molecule has 2 aliphatic rings. The Morgan fingerprint density at radius 3 is 2.81 bits per heavy atom. The summed E-state index contributed by atoms with van der Waals surface area (Å²) in [4.78, 5) is 12.7. The molecule has 1 aliphatic carbocycles. The smallest absolute Gasteiger partial charge is 0.205 e. The minimum Gasteiger partial charge on any atom is -0.493 e. The number of methoxy groups -OCH3 is 1. The standard InChI is InChI=1S/C24H21ClN2O4/c1-29-21-11-15(8-9-19(21)30-13-14-4-2-5-16(25)10-14)22-17(12-26)24(27)31-20-7-3-6-18(28)23(20)22/h2,4-5,8-11,22H,3,6-7,13,27H2,1H3/t22-/m1/s1. The summed E-state index contributed by atoms with van der Waals surface area (Å²) in [5.41, 5.74) is 8.39. The van der Waals surface area contributed by atoms with Crippen molar-refractivity contribution in [2.75, 3.05) is 7.11 Å². The number of hydrogen-bond donors (Lipinski definition) is 1. The van der Waals surface area contributed by atoms with Gasteiger partial charge in [0.2, 0.25) is 5.88 Å². The number of benzene rings is 2. The lowest BCUT2D eigenvalue weighted by molar-refractivity contribution is -0.116. The maximum Gasteiger partial charge on any atom is 0.205 e. The van der Waals surface area contributed by atoms with Crippen molar-refractivity contribution in [1.29, 1.82) is 5.26 Å². The van der Waals surface area contributed by atoms with E-state index in [0.29, 0.717) is 53.7 Å². The first-order valence-corrected chi connectivity index (χ1v) is 10.3. The Labute approximate surface area is 185 Å². The van der Waals surface area contributed by atoms with Crippen LogP contribution >= 0.6 is 11.6 Å². The Hall–Kier alpha value is -3.43. The third kappa shape index (κ3) is 4.10. The van der Waals surface area contributed by atoms with Gasteiger partial charge < -0.3 is 19.9 Å². The maximum absolute atomic E-state index is 12.7. The van der Waals surface area contributed by atoms with E-state index in [1.807, 2.05) is 24.3 Å². The molecule has 2 aromatic carbocycles. The second-order valence-electron chi connectivity index (χ2n) is 7.37. The monoisotopic (exact) mass is 436 g/mol. The first-order valence-electron chi connectivity index (χ1n) is 9.90. The third-order valence-corrected chi connectivity index (χ3v) is 5.64. The van der Waals surface area contributed by atoms with Crippen molar-refractivity contribution in [2.24, 2.45) is 5.73 Å². The third-order valence-electron chi connectivity index (χ3n) is 5.41. The summed E-state index contributed by atoms with van der Waals surface area (Å²) < 4.78 is 17.1. The molecule has 0 radical (unpaired) electrons. The van der Waals surface area contributed by atoms with Crippen LogP contribution in [0.25, 0.3) is 0 Å². The average molecular weight is 437 g/mol. The summed E-state index contributed by atoms with van der Waals surface area (Å²) in [5, 5.41) is 10.4. The Morgan fingerprint density at radius 1 is 1.23 bits per heavy atom. The molecule has 2 aromatic rings. The largest absolute Gasteiger partial charge is 0.493 e. The van der Waals surface area contributed by atoms with Crippen molar-refractivity contribution >= 4 is 17.4 Å². The summed E-state index contributed by atoms with van der Waals surface area (Å²) in [6, 6.07) is 14.9. The lowest BCUT2D eigenvalue weighted by atomic mass is 9.77. The maximum atomic E-state index is 12.7. The fourth-order valence-corrected chi connectivity index (χ4v) is 4.17. The van der Waals surface area contributed by atoms with Gasteiger partial charge in [0, 0.05) is 23.4 Å². The van der Waals surface area contributed by atoms with Crippen LogP contribution < -0.4 is 15.2 Å². The van der Waals surface area contributed by atoms with Crippen molar-refractivity contribution in [3.8, 4) is 17.6 Å². The van der Waals surface area contributed by atoms with Gasteiger partial charge in [0.05, 0.1) is 13.0 Å². The topological polar surface area (TPSA) is 94.6 Å². The lowest BCUT2D eigenvalue weighted by Crippen LogP contribution is -2.27. The van der Waals surface area contributed by atoms with Crippen molar-refractivity contribution in [1.82, 2.24) is 0 Å². The Kier molecular flexibility index (Phi) is 5.88. The Morgan fingerprint density at radius 2 is 2.06 bits per heavy atom. The number of nitriles is 1. The molecular weight excluding hydrogens is 416 g/mol. The summed E-state index contributed by atoms with van der Waals surface area (Å²) in [7, 11) is 1.54. The minimum absolute atomic E-state index is 0.0215. The summed E-state index contributed by atoms with van der Waals surface area (Å²) in [5.74, 6) is 1.02.